The average molecular weight is 480 g/mol. The maximum Gasteiger partial charge on any atom is 0.342 e. The number of sulfonamides is 1. The molecule has 178 valence electrons. The average Bonchev–Trinajstić information content (AvgIpc) is 3.11. The number of nitro groups is 1. The summed E-state index contributed by atoms with van der Waals surface area (Å²) in [5, 5.41) is 13.9. The van der Waals surface area contributed by atoms with Gasteiger partial charge in [-0.1, -0.05) is 12.1 Å². The zero-order valence-electron chi connectivity index (χ0n) is 18.4. The number of piperazine rings is 1. The van der Waals surface area contributed by atoms with Crippen LogP contribution in [0.5, 0.6) is 0 Å². The number of para-hydroxylation sites is 2. The molecular formula is C20H24N4O8S. The molecule has 1 aliphatic rings. The van der Waals surface area contributed by atoms with Crippen LogP contribution in [0.15, 0.2) is 33.6 Å². The molecule has 2 aromatic rings. The molecular weight excluding hydrogens is 456 g/mol. The van der Waals surface area contributed by atoms with Gasteiger partial charge in [-0.2, -0.15) is 4.31 Å². The minimum atomic E-state index is -4.07. The minimum Gasteiger partial charge on any atom is -0.465 e. The molecule has 1 aromatic heterocycles. The van der Waals surface area contributed by atoms with Gasteiger partial charge in [-0.25, -0.2) is 13.2 Å². The first-order valence-electron chi connectivity index (χ1n) is 10.0. The number of hydrogen-bond donors (Lipinski definition) is 1. The van der Waals surface area contributed by atoms with Crippen molar-refractivity contribution in [1.82, 2.24) is 9.21 Å². The van der Waals surface area contributed by atoms with Gasteiger partial charge in [0.05, 0.1) is 18.6 Å². The summed E-state index contributed by atoms with van der Waals surface area (Å²) >= 11 is 0. The van der Waals surface area contributed by atoms with Crippen molar-refractivity contribution in [2.45, 2.75) is 18.7 Å². The van der Waals surface area contributed by atoms with E-state index in [1.54, 1.807) is 6.07 Å². The van der Waals surface area contributed by atoms with E-state index in [1.807, 2.05) is 0 Å². The second-order valence-corrected chi connectivity index (χ2v) is 9.20. The van der Waals surface area contributed by atoms with Gasteiger partial charge in [0.2, 0.25) is 15.9 Å². The van der Waals surface area contributed by atoms with Crippen molar-refractivity contribution in [3.8, 4) is 0 Å². The van der Waals surface area contributed by atoms with Gasteiger partial charge in [0.25, 0.3) is 5.69 Å². The van der Waals surface area contributed by atoms with Gasteiger partial charge in [-0.3, -0.25) is 14.9 Å². The molecule has 1 saturated heterocycles. The molecule has 2 heterocycles. The first kappa shape index (κ1) is 24.2. The van der Waals surface area contributed by atoms with Crippen molar-refractivity contribution in [3.63, 3.8) is 0 Å². The predicted molar refractivity (Wildman–Crippen MR) is 116 cm³/mol. The lowest BCUT2D eigenvalue weighted by Crippen LogP contribution is -2.51. The first-order chi connectivity index (χ1) is 15.6. The van der Waals surface area contributed by atoms with Gasteiger partial charge in [0, 0.05) is 32.2 Å². The van der Waals surface area contributed by atoms with E-state index < -0.39 is 20.9 Å². The molecule has 1 fully saturated rings. The highest BCUT2D eigenvalue weighted by atomic mass is 32.2. The van der Waals surface area contributed by atoms with Crippen LogP contribution in [0.1, 0.15) is 21.9 Å². The number of furan rings is 1. The van der Waals surface area contributed by atoms with Crippen molar-refractivity contribution in [2.75, 3.05) is 45.2 Å². The van der Waals surface area contributed by atoms with Crippen molar-refractivity contribution in [2.24, 2.45) is 0 Å². The summed E-state index contributed by atoms with van der Waals surface area (Å²) in [6, 6.07) is 5.98. The van der Waals surface area contributed by atoms with Gasteiger partial charge in [0.15, 0.2) is 0 Å². The largest absolute Gasteiger partial charge is 0.465 e. The standard InChI is InChI=1S/C20H24N4O8S/c1-13-18(20(26)31-3)19(14(2)32-13)33(29,30)23-10-8-22(9-11-23)17(25)12-21-15-6-4-5-7-16(15)24(27)28/h4-7,21H,8-12H2,1-3H3. The Bertz CT molecular complexity index is 1180. The lowest BCUT2D eigenvalue weighted by atomic mass is 10.2. The highest BCUT2D eigenvalue weighted by molar-refractivity contribution is 7.89. The molecule has 0 unspecified atom stereocenters. The van der Waals surface area contributed by atoms with Crippen molar-refractivity contribution in [3.05, 3.63) is 51.5 Å². The number of amides is 1. The van der Waals surface area contributed by atoms with Crippen LogP contribution in [0.25, 0.3) is 0 Å². The number of carbonyl (C=O) groups excluding carboxylic acids is 2. The summed E-state index contributed by atoms with van der Waals surface area (Å²) in [5.41, 5.74) is -0.0613. The number of ether oxygens (including phenoxy) is 1. The van der Waals surface area contributed by atoms with Crippen LogP contribution < -0.4 is 5.32 Å². The number of methoxy groups -OCH3 is 1. The Kier molecular flexibility index (Phi) is 7.03. The summed E-state index contributed by atoms with van der Waals surface area (Å²) < 4.78 is 37.7. The first-order valence-corrected chi connectivity index (χ1v) is 11.5. The molecule has 0 atom stereocenters. The molecule has 0 bridgehead atoms. The monoisotopic (exact) mass is 480 g/mol. The Labute approximate surface area is 190 Å². The molecule has 0 radical (unpaired) electrons. The molecule has 1 aliphatic heterocycles. The van der Waals surface area contributed by atoms with E-state index in [9.17, 15) is 28.1 Å². The second-order valence-electron chi connectivity index (χ2n) is 7.32. The van der Waals surface area contributed by atoms with Crippen molar-refractivity contribution >= 4 is 33.3 Å². The number of nitro benzene ring substituents is 1. The van der Waals surface area contributed by atoms with Crippen molar-refractivity contribution < 1.29 is 32.1 Å². The topological polar surface area (TPSA) is 152 Å². The van der Waals surface area contributed by atoms with E-state index >= 15 is 0 Å². The summed E-state index contributed by atoms with van der Waals surface area (Å²) in [6.45, 7) is 3.05. The highest BCUT2D eigenvalue weighted by Gasteiger charge is 2.37. The SMILES string of the molecule is COC(=O)c1c(C)oc(C)c1S(=O)(=O)N1CCN(C(=O)CNc2ccccc2[N+](=O)[O-])CC1. The second kappa shape index (κ2) is 9.58. The predicted octanol–water partition coefficient (Wildman–Crippen LogP) is 1.54. The van der Waals surface area contributed by atoms with E-state index in [2.05, 4.69) is 5.32 Å². The number of hydrogen-bond acceptors (Lipinski definition) is 9. The Balaban J connectivity index is 1.67. The Morgan fingerprint density at radius 3 is 2.39 bits per heavy atom. The van der Waals surface area contributed by atoms with Crippen LogP contribution in [0.2, 0.25) is 0 Å². The van der Waals surface area contributed by atoms with Crippen LogP contribution in [0.4, 0.5) is 11.4 Å². The van der Waals surface area contributed by atoms with Crippen molar-refractivity contribution in [1.29, 1.82) is 0 Å². The molecule has 13 heteroatoms. The molecule has 1 amide bonds. The summed E-state index contributed by atoms with van der Waals surface area (Å²) in [5.74, 6) is -0.901. The van der Waals surface area contributed by atoms with E-state index in [-0.39, 0.29) is 72.0 Å². The van der Waals surface area contributed by atoms with E-state index in [0.29, 0.717) is 0 Å². The third-order valence-corrected chi connectivity index (χ3v) is 7.37. The van der Waals surface area contributed by atoms with Crippen LogP contribution in [-0.2, 0) is 19.6 Å². The maximum atomic E-state index is 13.2. The fourth-order valence-corrected chi connectivity index (χ4v) is 5.48. The number of aryl methyl sites for hydroxylation is 2. The number of rotatable bonds is 7. The number of carbonyl (C=O) groups is 2. The van der Waals surface area contributed by atoms with Gasteiger partial charge in [-0.05, 0) is 19.9 Å². The maximum absolute atomic E-state index is 13.2. The third-order valence-electron chi connectivity index (χ3n) is 5.31. The van der Waals surface area contributed by atoms with Crippen LogP contribution in [0, 0.1) is 24.0 Å². The third kappa shape index (κ3) is 4.83. The zero-order valence-corrected chi connectivity index (χ0v) is 19.2. The quantitative estimate of drug-likeness (QED) is 0.353. The summed E-state index contributed by atoms with van der Waals surface area (Å²) in [7, 11) is -2.91. The van der Waals surface area contributed by atoms with Gasteiger partial charge < -0.3 is 19.4 Å². The fraction of sp³-hybridized carbons (Fsp3) is 0.400. The number of benzene rings is 1. The van der Waals surface area contributed by atoms with E-state index in [1.165, 1.54) is 41.3 Å². The lowest BCUT2D eigenvalue weighted by Gasteiger charge is -2.34. The number of anilines is 1. The van der Waals surface area contributed by atoms with E-state index in [0.717, 1.165) is 7.11 Å². The smallest absolute Gasteiger partial charge is 0.342 e. The molecule has 1 aromatic carbocycles. The number of nitrogens with zero attached hydrogens (tertiary/aromatic N) is 3. The van der Waals surface area contributed by atoms with Gasteiger partial charge >= 0.3 is 5.97 Å². The zero-order chi connectivity index (χ0) is 24.3. The molecule has 0 saturated carbocycles. The van der Waals surface area contributed by atoms with E-state index in [4.69, 9.17) is 9.15 Å². The molecule has 1 N–H and O–H groups in total. The number of nitrogens with one attached hydrogen (secondary N) is 1. The Morgan fingerprint density at radius 1 is 1.15 bits per heavy atom. The Hall–Kier alpha value is -3.45. The minimum absolute atomic E-state index is 0.0177. The molecule has 0 aliphatic carbocycles. The van der Waals surface area contributed by atoms with Crippen LogP contribution >= 0.6 is 0 Å². The van der Waals surface area contributed by atoms with Crippen LogP contribution in [0.3, 0.4) is 0 Å². The normalized spacial score (nSPS) is 14.7. The molecule has 12 nitrogen and oxygen atoms in total. The number of esters is 1. The fourth-order valence-electron chi connectivity index (χ4n) is 3.68. The summed E-state index contributed by atoms with van der Waals surface area (Å²) in [6.07, 6.45) is 0. The Morgan fingerprint density at radius 2 is 1.79 bits per heavy atom. The highest BCUT2D eigenvalue weighted by Crippen LogP contribution is 2.30. The molecule has 0 spiro atoms. The van der Waals surface area contributed by atoms with Gasteiger partial charge in [0.1, 0.15) is 27.7 Å². The summed E-state index contributed by atoms with van der Waals surface area (Å²) in [4.78, 5) is 36.5. The molecule has 33 heavy (non-hydrogen) atoms. The lowest BCUT2D eigenvalue weighted by molar-refractivity contribution is -0.383. The molecule has 3 rings (SSSR count). The van der Waals surface area contributed by atoms with Gasteiger partial charge in [-0.15, -0.1) is 0 Å². The van der Waals surface area contributed by atoms with Crippen LogP contribution in [-0.4, -0.2) is 74.3 Å².